The number of aliphatic carboxylic acids is 1. The van der Waals surface area contributed by atoms with Gasteiger partial charge in [0.2, 0.25) is 59.1 Å². The first-order valence-electron chi connectivity index (χ1n) is 37.0. The number of thioether (sulfide) groups is 1. The Balaban J connectivity index is 1.09. The number of ether oxygens (including phenoxy) is 7. The molecule has 0 aliphatic carbocycles. The Hall–Kier alpha value is -8.76. The molecule has 4 heterocycles. The number of hydrogen-bond acceptors (Lipinski definition) is 27. The van der Waals surface area contributed by atoms with E-state index in [0.717, 1.165) is 4.90 Å². The Labute approximate surface area is 653 Å². The number of amides is 12. The van der Waals surface area contributed by atoms with E-state index in [0.29, 0.717) is 123 Å². The number of rotatable bonds is 50. The van der Waals surface area contributed by atoms with Gasteiger partial charge in [0, 0.05) is 67.9 Å². The van der Waals surface area contributed by atoms with Crippen LogP contribution in [0.25, 0.3) is 10.9 Å². The number of carbonyl (C=O) groups is 12. The third-order valence-electron chi connectivity index (χ3n) is 17.8. The number of unbranched alkanes of at least 4 members (excludes halogenated alkanes) is 1. The van der Waals surface area contributed by atoms with Crippen LogP contribution in [0.5, 0.6) is 5.75 Å². The summed E-state index contributed by atoms with van der Waals surface area (Å²) in [6, 6.07) is -7.68. The fourth-order valence-electron chi connectivity index (χ4n) is 11.4. The highest BCUT2D eigenvalue weighted by atomic mass is 32.2. The molecule has 41 nitrogen and oxygen atoms in total. The van der Waals surface area contributed by atoms with Crippen LogP contribution in [0.1, 0.15) is 95.9 Å². The number of phenolic OH excluding ortho intramolecular Hbond substituents is 1. The minimum Gasteiger partial charge on any atom is -0.508 e. The van der Waals surface area contributed by atoms with Crippen molar-refractivity contribution in [1.29, 1.82) is 0 Å². The van der Waals surface area contributed by atoms with Crippen molar-refractivity contribution in [3.63, 3.8) is 0 Å². The minimum absolute atomic E-state index is 0.0368. The number of aromatic hydroxyl groups is 1. The molecular weight excluding hydrogens is 1520 g/mol. The monoisotopic (exact) mass is 1630 g/mol. The maximum absolute atomic E-state index is 15.2. The molecule has 0 radical (unpaired) electrons. The second kappa shape index (κ2) is 51.1. The van der Waals surface area contributed by atoms with E-state index in [4.69, 9.17) is 49.7 Å². The first-order chi connectivity index (χ1) is 53.7. The summed E-state index contributed by atoms with van der Waals surface area (Å²) in [6.45, 7) is 10.1. The molecule has 1 unspecified atom stereocenters. The second-order valence-electron chi connectivity index (χ2n) is 26.3. The number of H-pyrrole nitrogens is 1. The summed E-state index contributed by atoms with van der Waals surface area (Å²) >= 11 is 1.38. The van der Waals surface area contributed by atoms with E-state index in [2.05, 4.69) is 63.1 Å². The maximum atomic E-state index is 15.2. The van der Waals surface area contributed by atoms with Gasteiger partial charge in [-0.05, 0) is 42.2 Å². The number of hydrogen-bond donors (Lipinski definition) is 17. The second-order valence-corrected chi connectivity index (χ2v) is 28.9. The zero-order valence-electron chi connectivity index (χ0n) is 63.5. The van der Waals surface area contributed by atoms with Gasteiger partial charge < -0.3 is 128 Å². The molecule has 3 aromatic rings. The third-order valence-corrected chi connectivity index (χ3v) is 20.3. The number of nitrogens with two attached hydrogens (primary N) is 2. The summed E-state index contributed by atoms with van der Waals surface area (Å²) in [5.41, 5.74) is 12.6. The number of benzene rings is 1. The van der Waals surface area contributed by atoms with Crippen molar-refractivity contribution in [3.05, 3.63) is 35.2 Å². The van der Waals surface area contributed by atoms with Crippen LogP contribution in [0.3, 0.4) is 0 Å². The molecule has 0 saturated carbocycles. The highest BCUT2D eigenvalue weighted by Crippen LogP contribution is 2.36. The number of aromatic amines is 1. The largest absolute Gasteiger partial charge is 0.508 e. The summed E-state index contributed by atoms with van der Waals surface area (Å²) in [4.78, 5) is 163. The van der Waals surface area contributed by atoms with Crippen LogP contribution in [-0.2, 0) is 122 Å². The van der Waals surface area contributed by atoms with Crippen molar-refractivity contribution in [3.8, 4) is 5.75 Å². The zero-order chi connectivity index (χ0) is 82.1. The first-order valence-corrected chi connectivity index (χ1v) is 39.5. The van der Waals surface area contributed by atoms with Crippen LogP contribution < -0.4 is 59.3 Å². The fraction of sp³-hybridized carbons (Fsp3) is 0.681. The lowest BCUT2D eigenvalue weighted by Crippen LogP contribution is -2.61. The SMILES string of the molecule is CCC(=O)N[C@H](C(=O)NCC(=O)N[C@H]1CS(=O)c2[nH]c3c(CSCCCCNC(=O)NCCOCCOCCOCCOCCOCCOCCOCCn4cc(CNC(=O)CCC(=O)O)nn4)c(O)ccc3c2C[C@@H](C(N)=O)NC(=O)[C@H]([C@@H](C)[C@@H](O)CO)NC(=O)[C@@H]2C[C@@H](O)CN2C(=O)[C@H](CC(N)=O)NC1=O)[C@@H](C)CC. The van der Waals surface area contributed by atoms with Crippen LogP contribution in [-0.4, -0.2) is 311 Å². The average Bonchev–Trinajstić information content (AvgIpc) is 1.61. The van der Waals surface area contributed by atoms with E-state index in [1.165, 1.54) is 30.8 Å². The van der Waals surface area contributed by atoms with Gasteiger partial charge in [0.1, 0.15) is 52.7 Å². The van der Waals surface area contributed by atoms with Gasteiger partial charge in [-0.15, -0.1) is 5.10 Å². The normalized spacial score (nSPS) is 19.5. The van der Waals surface area contributed by atoms with E-state index >= 15 is 4.21 Å². The molecular formula is C69H110N16O25S2. The first kappa shape index (κ1) is 93.8. The molecule has 0 spiro atoms. The molecule has 1 saturated heterocycles. The summed E-state index contributed by atoms with van der Waals surface area (Å²) in [6.07, 6.45) is -2.05. The van der Waals surface area contributed by atoms with E-state index in [1.54, 1.807) is 31.6 Å². The van der Waals surface area contributed by atoms with E-state index in [9.17, 15) is 78.0 Å². The molecule has 112 heavy (non-hydrogen) atoms. The van der Waals surface area contributed by atoms with Crippen LogP contribution in [0.2, 0.25) is 0 Å². The standard InChI is InChI=1S/C69H110N16O25S2/c1-5-41(3)59(79-55(91)6-2)65(99)75-35-57(93)76-50-40-112(103)67-46(32-48(62(71)96)77-66(100)60(42(4)53(89)38-86)80-64(98)51-31-44(87)37-85(51)68(101)49(33-54(70)90)78-63(50)97)45-9-10-52(88)47(61(45)81-67)39-111-30-8-7-13-72-69(102)73-14-16-104-18-20-106-22-24-108-26-28-110-29-27-109-25-23-107-21-19-105-17-15-84-36-43(82-83-84)34-74-56(92)11-12-58(94)95/h9-10,36,41-42,44,48-51,53,59-60,81,86-89H,5-8,11-35,37-40H2,1-4H3,(H2,70,90)(H2,71,96)(H,74,92)(H,75,99)(H,76,93)(H,77,100)(H,78,97)(H,79,91)(H,80,98)(H,94,95)(H2,72,73,102)/t41-,42-,44+,48-,49-,50-,51-,53-,59-,60-,112?/m0/s1. The zero-order valence-corrected chi connectivity index (χ0v) is 65.1. The molecule has 19 N–H and O–H groups in total. The van der Waals surface area contributed by atoms with Gasteiger partial charge in [-0.25, -0.2) is 9.48 Å². The molecule has 1 aromatic carbocycles. The van der Waals surface area contributed by atoms with Crippen molar-refractivity contribution in [2.75, 3.05) is 137 Å². The van der Waals surface area contributed by atoms with Crippen molar-refractivity contribution < 1.29 is 120 Å². The molecule has 12 amide bonds. The topological polar surface area (TPSA) is 598 Å². The van der Waals surface area contributed by atoms with E-state index in [-0.39, 0.29) is 90.0 Å². The molecule has 1 fully saturated rings. The van der Waals surface area contributed by atoms with Crippen LogP contribution in [0.4, 0.5) is 4.79 Å². The highest BCUT2D eigenvalue weighted by molar-refractivity contribution is 7.98. The van der Waals surface area contributed by atoms with Crippen molar-refractivity contribution in [2.24, 2.45) is 23.3 Å². The van der Waals surface area contributed by atoms with Gasteiger partial charge in [-0.2, -0.15) is 11.8 Å². The number of phenols is 1. The van der Waals surface area contributed by atoms with E-state index < -0.39 is 181 Å². The molecule has 0 bridgehead atoms. The number of carboxylic acid groups (broad SMARTS) is 1. The number of urea groups is 1. The predicted molar refractivity (Wildman–Crippen MR) is 400 cm³/mol. The number of nitrogens with zero attached hydrogens (tertiary/aromatic N) is 4. The van der Waals surface area contributed by atoms with Gasteiger partial charge in [0.25, 0.3) is 0 Å². The summed E-state index contributed by atoms with van der Waals surface area (Å²) < 4.78 is 55.5. The van der Waals surface area contributed by atoms with Gasteiger partial charge in [-0.1, -0.05) is 39.3 Å². The summed E-state index contributed by atoms with van der Waals surface area (Å²) in [5.74, 6) is -12.7. The van der Waals surface area contributed by atoms with Gasteiger partial charge >= 0.3 is 12.0 Å². The number of fused-ring (bicyclic) bond motifs is 4. The summed E-state index contributed by atoms with van der Waals surface area (Å²) in [7, 11) is -2.51. The minimum atomic E-state index is -2.51. The van der Waals surface area contributed by atoms with Crippen molar-refractivity contribution in [2.45, 2.75) is 158 Å². The van der Waals surface area contributed by atoms with E-state index in [1.807, 2.05) is 0 Å². The maximum Gasteiger partial charge on any atom is 0.314 e. The quantitative estimate of drug-likeness (QED) is 0.0236. The number of carboxylic acids is 1. The van der Waals surface area contributed by atoms with Gasteiger partial charge in [0.05, 0.1) is 172 Å². The van der Waals surface area contributed by atoms with Crippen LogP contribution in [0, 0.1) is 11.8 Å². The predicted octanol–water partition coefficient (Wildman–Crippen LogP) is -4.95. The molecule has 43 heteroatoms. The Kier molecular flexibility index (Phi) is 42.8. The summed E-state index contributed by atoms with van der Waals surface area (Å²) in [5, 5.41) is 82.7. The Bertz CT molecular complexity index is 3580. The highest BCUT2D eigenvalue weighted by Gasteiger charge is 2.45. The number of carbonyl (C=O) groups excluding carboxylic acids is 11. The Morgan fingerprint density at radius 2 is 1.38 bits per heavy atom. The third kappa shape index (κ3) is 33.1. The molecule has 628 valence electrons. The van der Waals surface area contributed by atoms with Crippen LogP contribution in [0.15, 0.2) is 23.4 Å². The number of aliphatic hydroxyl groups excluding tert-OH is 3. The molecule has 2 aliphatic rings. The molecule has 2 aliphatic heterocycles. The number of aromatic nitrogens is 4. The average molecular weight is 1630 g/mol. The number of primary amides is 2. The van der Waals surface area contributed by atoms with Crippen molar-refractivity contribution in [1.82, 2.24) is 72.7 Å². The van der Waals surface area contributed by atoms with Gasteiger partial charge in [0.15, 0.2) is 0 Å². The molecule has 2 aromatic heterocycles. The Morgan fingerprint density at radius 3 is 1.98 bits per heavy atom. The van der Waals surface area contributed by atoms with Gasteiger partial charge in [-0.3, -0.25) is 56.9 Å². The van der Waals surface area contributed by atoms with Crippen LogP contribution >= 0.6 is 11.8 Å². The van der Waals surface area contributed by atoms with Crippen molar-refractivity contribution >= 4 is 105 Å². The number of aliphatic hydroxyl groups is 3. The molecule has 5 rings (SSSR count). The molecule has 11 atom stereocenters. The lowest BCUT2D eigenvalue weighted by Gasteiger charge is -2.32. The lowest BCUT2D eigenvalue weighted by molar-refractivity contribution is -0.144. The lowest BCUT2D eigenvalue weighted by atomic mass is 9.94. The number of nitrogens with one attached hydrogen (secondary N) is 10. The smallest absolute Gasteiger partial charge is 0.314 e. The Morgan fingerprint density at radius 1 is 0.759 bits per heavy atom. The fourth-order valence-corrected chi connectivity index (χ4v) is 13.8.